The van der Waals surface area contributed by atoms with Crippen molar-refractivity contribution < 1.29 is 19.5 Å². The van der Waals surface area contributed by atoms with Crippen molar-refractivity contribution >= 4 is 17.8 Å². The van der Waals surface area contributed by atoms with Gasteiger partial charge in [-0.2, -0.15) is 0 Å². The highest BCUT2D eigenvalue weighted by atomic mass is 16.4. The summed E-state index contributed by atoms with van der Waals surface area (Å²) in [6.07, 6.45) is 3.50. The molecule has 2 bridgehead atoms. The summed E-state index contributed by atoms with van der Waals surface area (Å²) in [5, 5.41) is 11.1. The molecule has 3 rings (SSSR count). The molecule has 18 heavy (non-hydrogen) atoms. The summed E-state index contributed by atoms with van der Waals surface area (Å²) in [6.45, 7) is 1.61. The van der Waals surface area contributed by atoms with Crippen molar-refractivity contribution in [3.05, 3.63) is 11.6 Å². The fourth-order valence-corrected chi connectivity index (χ4v) is 3.80. The van der Waals surface area contributed by atoms with E-state index in [9.17, 15) is 19.5 Å². The number of nitrogens with zero attached hydrogens (tertiary/aromatic N) is 1. The summed E-state index contributed by atoms with van der Waals surface area (Å²) in [5.41, 5.74) is 0.438. The first-order valence-corrected chi connectivity index (χ1v) is 6.25. The van der Waals surface area contributed by atoms with Gasteiger partial charge >= 0.3 is 0 Å². The van der Waals surface area contributed by atoms with Crippen LogP contribution >= 0.6 is 0 Å². The molecule has 0 spiro atoms. The largest absolute Gasteiger partial charge is 0.550 e. The Morgan fingerprint density at radius 2 is 2.06 bits per heavy atom. The van der Waals surface area contributed by atoms with Crippen molar-refractivity contribution in [2.45, 2.75) is 32.2 Å². The van der Waals surface area contributed by atoms with Crippen molar-refractivity contribution in [2.75, 3.05) is 0 Å². The smallest absolute Gasteiger partial charge is 0.256 e. The zero-order valence-electron chi connectivity index (χ0n) is 10.1. The number of hydrogen-bond acceptors (Lipinski definition) is 4. The van der Waals surface area contributed by atoms with Gasteiger partial charge in [0.1, 0.15) is 0 Å². The molecular weight excluding hydrogens is 234 g/mol. The molecule has 5 nitrogen and oxygen atoms in total. The summed E-state index contributed by atoms with van der Waals surface area (Å²) in [4.78, 5) is 36.1. The molecule has 3 aliphatic rings. The number of hydrogen-bond donors (Lipinski definition) is 0. The molecule has 2 amide bonds. The van der Waals surface area contributed by atoms with Gasteiger partial charge in [-0.05, 0) is 38.0 Å². The number of imide groups is 1. The second kappa shape index (κ2) is 3.67. The van der Waals surface area contributed by atoms with Crippen LogP contribution in [0.1, 0.15) is 26.2 Å². The Balaban J connectivity index is 1.85. The van der Waals surface area contributed by atoms with E-state index < -0.39 is 11.9 Å². The topological polar surface area (TPSA) is 77.5 Å². The number of aliphatic carboxylic acids is 1. The number of carboxylic acids is 1. The van der Waals surface area contributed by atoms with Gasteiger partial charge in [0.05, 0.1) is 0 Å². The van der Waals surface area contributed by atoms with Crippen LogP contribution in [0.25, 0.3) is 0 Å². The van der Waals surface area contributed by atoms with Crippen LogP contribution in [0.4, 0.5) is 0 Å². The highest BCUT2D eigenvalue weighted by Crippen LogP contribution is 2.50. The second-order valence-electron chi connectivity index (χ2n) is 5.57. The molecule has 0 aromatic rings. The Hall–Kier alpha value is -1.65. The monoisotopic (exact) mass is 248 g/mol. The predicted molar refractivity (Wildman–Crippen MR) is 58.7 cm³/mol. The quantitative estimate of drug-likeness (QED) is 0.615. The van der Waals surface area contributed by atoms with E-state index in [0.717, 1.165) is 12.8 Å². The van der Waals surface area contributed by atoms with Crippen LogP contribution in [-0.4, -0.2) is 28.7 Å². The average molecular weight is 248 g/mol. The molecule has 0 radical (unpaired) electrons. The number of amides is 2. The van der Waals surface area contributed by atoms with Crippen LogP contribution in [0.15, 0.2) is 11.6 Å². The molecule has 1 aliphatic heterocycles. The molecule has 4 unspecified atom stereocenters. The van der Waals surface area contributed by atoms with Crippen LogP contribution in [0.2, 0.25) is 0 Å². The summed E-state index contributed by atoms with van der Waals surface area (Å²) < 4.78 is 0. The maximum Gasteiger partial charge on any atom is 0.256 e. The van der Waals surface area contributed by atoms with Gasteiger partial charge in [0.25, 0.3) is 11.8 Å². The number of carbonyl (C=O) groups is 3. The Morgan fingerprint density at radius 3 is 2.56 bits per heavy atom. The van der Waals surface area contributed by atoms with E-state index in [2.05, 4.69) is 0 Å². The molecule has 4 atom stereocenters. The van der Waals surface area contributed by atoms with Gasteiger partial charge in [0, 0.05) is 29.6 Å². The van der Waals surface area contributed by atoms with Crippen LogP contribution in [-0.2, 0) is 14.4 Å². The first kappa shape index (κ1) is 11.4. The van der Waals surface area contributed by atoms with E-state index in [-0.39, 0.29) is 23.8 Å². The lowest BCUT2D eigenvalue weighted by molar-refractivity contribution is -0.313. The lowest BCUT2D eigenvalue weighted by atomic mass is 9.84. The van der Waals surface area contributed by atoms with Crippen molar-refractivity contribution in [3.63, 3.8) is 0 Å². The minimum absolute atomic E-state index is 0.118. The highest BCUT2D eigenvalue weighted by Gasteiger charge is 2.51. The van der Waals surface area contributed by atoms with Crippen molar-refractivity contribution in [1.29, 1.82) is 0 Å². The normalized spacial score (nSPS) is 38.5. The lowest BCUT2D eigenvalue weighted by Gasteiger charge is -2.35. The molecule has 0 aromatic heterocycles. The average Bonchev–Trinajstić information content (AvgIpc) is 2.93. The van der Waals surface area contributed by atoms with Crippen LogP contribution in [0.3, 0.4) is 0 Å². The molecule has 0 N–H and O–H groups in total. The predicted octanol–water partition coefficient (Wildman–Crippen LogP) is -0.534. The molecule has 2 saturated carbocycles. The summed E-state index contributed by atoms with van der Waals surface area (Å²) in [7, 11) is 0. The number of carbonyl (C=O) groups excluding carboxylic acids is 3. The van der Waals surface area contributed by atoms with Gasteiger partial charge in [-0.3, -0.25) is 14.5 Å². The Morgan fingerprint density at radius 1 is 1.33 bits per heavy atom. The fourth-order valence-electron chi connectivity index (χ4n) is 3.80. The molecule has 2 aliphatic carbocycles. The van der Waals surface area contributed by atoms with Gasteiger partial charge < -0.3 is 9.90 Å². The Labute approximate surface area is 104 Å². The summed E-state index contributed by atoms with van der Waals surface area (Å²) in [6, 6.07) is -0.250. The standard InChI is InChI=1S/C13H15NO4/c1-6-2-11(15)14(12(6)16)10-5-7-3-8(10)9(4-7)13(17)18/h2,7-10H,3-5H2,1H3,(H,17,18)/p-1. The minimum Gasteiger partial charge on any atom is -0.550 e. The van der Waals surface area contributed by atoms with Crippen molar-refractivity contribution in [3.8, 4) is 0 Å². The van der Waals surface area contributed by atoms with Gasteiger partial charge in [0.2, 0.25) is 0 Å². The second-order valence-corrected chi connectivity index (χ2v) is 5.57. The van der Waals surface area contributed by atoms with Crippen LogP contribution in [0.5, 0.6) is 0 Å². The van der Waals surface area contributed by atoms with Crippen LogP contribution < -0.4 is 5.11 Å². The third kappa shape index (κ3) is 1.43. The zero-order chi connectivity index (χ0) is 13.0. The maximum atomic E-state index is 11.9. The third-order valence-electron chi connectivity index (χ3n) is 4.55. The molecule has 2 fully saturated rings. The van der Waals surface area contributed by atoms with E-state index in [0.29, 0.717) is 17.9 Å². The minimum atomic E-state index is -1.05. The molecule has 0 aromatic carbocycles. The van der Waals surface area contributed by atoms with E-state index in [4.69, 9.17) is 0 Å². The maximum absolute atomic E-state index is 11.9. The van der Waals surface area contributed by atoms with Gasteiger partial charge in [-0.15, -0.1) is 0 Å². The Kier molecular flexibility index (Phi) is 2.33. The van der Waals surface area contributed by atoms with Gasteiger partial charge in [0.15, 0.2) is 0 Å². The Bertz CT molecular complexity index is 481. The SMILES string of the molecule is CC1=CC(=O)N(C2CC3CC(C(=O)[O-])C2C3)C1=O. The van der Waals surface area contributed by atoms with Crippen molar-refractivity contribution in [2.24, 2.45) is 17.8 Å². The number of fused-ring (bicyclic) bond motifs is 2. The zero-order valence-corrected chi connectivity index (χ0v) is 10.1. The first-order valence-electron chi connectivity index (χ1n) is 6.25. The molecule has 96 valence electrons. The van der Waals surface area contributed by atoms with E-state index >= 15 is 0 Å². The highest BCUT2D eigenvalue weighted by molar-refractivity contribution is 6.16. The fraction of sp³-hybridized carbons (Fsp3) is 0.615. The van der Waals surface area contributed by atoms with Gasteiger partial charge in [-0.1, -0.05) is 0 Å². The first-order chi connectivity index (χ1) is 8.49. The lowest BCUT2D eigenvalue weighted by Crippen LogP contribution is -2.48. The van der Waals surface area contributed by atoms with Crippen molar-refractivity contribution in [1.82, 2.24) is 4.90 Å². The van der Waals surface area contributed by atoms with E-state index in [1.54, 1.807) is 6.92 Å². The van der Waals surface area contributed by atoms with E-state index in [1.807, 2.05) is 0 Å². The van der Waals surface area contributed by atoms with E-state index in [1.165, 1.54) is 11.0 Å². The molecular formula is C13H14NO4-. The number of rotatable bonds is 2. The summed E-state index contributed by atoms with van der Waals surface area (Å²) >= 11 is 0. The molecule has 1 heterocycles. The summed E-state index contributed by atoms with van der Waals surface area (Å²) in [5.74, 6) is -1.93. The number of carboxylic acid groups (broad SMARTS) is 1. The third-order valence-corrected chi connectivity index (χ3v) is 4.55. The van der Waals surface area contributed by atoms with Gasteiger partial charge in [-0.25, -0.2) is 0 Å². The molecule has 0 saturated heterocycles. The van der Waals surface area contributed by atoms with Crippen LogP contribution in [0, 0.1) is 17.8 Å². The molecule has 5 heteroatoms.